The fraction of sp³-hybridized carbons (Fsp3) is 0.429. The highest BCUT2D eigenvalue weighted by molar-refractivity contribution is 6.02. The van der Waals surface area contributed by atoms with E-state index in [1.54, 1.807) is 31.2 Å². The molecule has 1 amide bonds. The SMILES string of the molecule is Cc1[nH]c(-c2ccc(OCCCN3CCCC3)cc2)[n+]([O-])c1C(=O)Nc1cccc(C(F)(F)C2CC2)c1. The summed E-state index contributed by atoms with van der Waals surface area (Å²) in [5.41, 5.74) is 0.956. The number of aromatic amines is 1. The van der Waals surface area contributed by atoms with Crippen molar-refractivity contribution >= 4 is 11.6 Å². The second-order valence-corrected chi connectivity index (χ2v) is 9.95. The van der Waals surface area contributed by atoms with Crippen LogP contribution in [-0.4, -0.2) is 42.0 Å². The number of halogens is 2. The van der Waals surface area contributed by atoms with Gasteiger partial charge in [-0.1, -0.05) is 12.1 Å². The van der Waals surface area contributed by atoms with Gasteiger partial charge in [-0.25, -0.2) is 18.5 Å². The van der Waals surface area contributed by atoms with Crippen LogP contribution in [0.15, 0.2) is 48.5 Å². The van der Waals surface area contributed by atoms with E-state index in [0.717, 1.165) is 13.0 Å². The Balaban J connectivity index is 1.23. The summed E-state index contributed by atoms with van der Waals surface area (Å²) in [5.74, 6) is -3.31. The number of anilines is 1. The number of carbonyl (C=O) groups excluding carboxylic acids is 1. The first-order valence-electron chi connectivity index (χ1n) is 12.9. The molecule has 1 saturated heterocycles. The van der Waals surface area contributed by atoms with Crippen molar-refractivity contribution in [3.05, 3.63) is 70.7 Å². The van der Waals surface area contributed by atoms with Crippen LogP contribution in [0, 0.1) is 18.0 Å². The third kappa shape index (κ3) is 5.61. The first-order chi connectivity index (χ1) is 17.8. The van der Waals surface area contributed by atoms with Crippen molar-refractivity contribution in [1.82, 2.24) is 9.88 Å². The molecule has 2 N–H and O–H groups in total. The number of carbonyl (C=O) groups is 1. The fourth-order valence-electron chi connectivity index (χ4n) is 4.87. The number of benzene rings is 2. The van der Waals surface area contributed by atoms with E-state index in [4.69, 9.17) is 4.74 Å². The van der Waals surface area contributed by atoms with E-state index < -0.39 is 17.7 Å². The lowest BCUT2D eigenvalue weighted by molar-refractivity contribution is -0.594. The Morgan fingerprint density at radius 1 is 1.19 bits per heavy atom. The summed E-state index contributed by atoms with van der Waals surface area (Å²) in [7, 11) is 0. The maximum absolute atomic E-state index is 14.5. The average Bonchev–Trinajstić information content (AvgIpc) is 3.55. The van der Waals surface area contributed by atoms with Crippen LogP contribution in [0.25, 0.3) is 11.4 Å². The summed E-state index contributed by atoms with van der Waals surface area (Å²) in [6.07, 6.45) is 4.50. The Morgan fingerprint density at radius 3 is 2.62 bits per heavy atom. The number of amides is 1. The van der Waals surface area contributed by atoms with Crippen LogP contribution in [0.4, 0.5) is 14.5 Å². The molecule has 0 unspecified atom stereocenters. The predicted molar refractivity (Wildman–Crippen MR) is 137 cm³/mol. The van der Waals surface area contributed by atoms with Crippen LogP contribution in [0.2, 0.25) is 0 Å². The normalized spacial score (nSPS) is 16.2. The largest absolute Gasteiger partial charge is 0.710 e. The van der Waals surface area contributed by atoms with Crippen molar-refractivity contribution in [1.29, 1.82) is 0 Å². The highest BCUT2D eigenvalue weighted by Crippen LogP contribution is 2.49. The second kappa shape index (κ2) is 10.5. The maximum atomic E-state index is 14.5. The van der Waals surface area contributed by atoms with Gasteiger partial charge in [-0.2, -0.15) is 0 Å². The Labute approximate surface area is 215 Å². The number of imidazole rings is 1. The Kier molecular flexibility index (Phi) is 7.15. The number of hydrogen-bond donors (Lipinski definition) is 2. The van der Waals surface area contributed by atoms with Crippen molar-refractivity contribution in [3.8, 4) is 17.1 Å². The lowest BCUT2D eigenvalue weighted by Gasteiger charge is -2.17. The number of hydrogen-bond acceptors (Lipinski definition) is 4. The number of rotatable bonds is 10. The number of likely N-dealkylation sites (tertiary alicyclic amines) is 1. The van der Waals surface area contributed by atoms with Gasteiger partial charge in [-0.3, -0.25) is 4.79 Å². The molecule has 196 valence electrons. The molecule has 1 saturated carbocycles. The molecule has 1 aromatic heterocycles. The van der Waals surface area contributed by atoms with E-state index in [-0.39, 0.29) is 22.8 Å². The average molecular weight is 511 g/mol. The first kappa shape index (κ1) is 25.2. The number of H-pyrrole nitrogens is 1. The summed E-state index contributed by atoms with van der Waals surface area (Å²) in [5, 5.41) is 15.6. The first-order valence-corrected chi connectivity index (χ1v) is 12.9. The number of aromatic nitrogens is 2. The molecule has 2 aliphatic rings. The van der Waals surface area contributed by atoms with Crippen LogP contribution >= 0.6 is 0 Å². The highest BCUT2D eigenvalue weighted by Gasteiger charge is 2.48. The molecule has 1 aliphatic heterocycles. The minimum absolute atomic E-state index is 0.114. The summed E-state index contributed by atoms with van der Waals surface area (Å²) >= 11 is 0. The van der Waals surface area contributed by atoms with Gasteiger partial charge in [0, 0.05) is 30.6 Å². The number of aryl methyl sites for hydroxylation is 1. The molecule has 5 rings (SSSR count). The van der Waals surface area contributed by atoms with Gasteiger partial charge in [0.1, 0.15) is 5.75 Å². The molecular weight excluding hydrogens is 478 g/mol. The molecule has 37 heavy (non-hydrogen) atoms. The summed E-state index contributed by atoms with van der Waals surface area (Å²) < 4.78 is 35.4. The van der Waals surface area contributed by atoms with E-state index in [0.29, 0.717) is 41.2 Å². The smallest absolute Gasteiger partial charge is 0.300 e. The minimum Gasteiger partial charge on any atom is -0.710 e. The molecule has 0 radical (unpaired) electrons. The lowest BCUT2D eigenvalue weighted by Crippen LogP contribution is -2.36. The topological polar surface area (TPSA) is 84.3 Å². The van der Waals surface area contributed by atoms with Gasteiger partial charge in [0.2, 0.25) is 5.69 Å². The van der Waals surface area contributed by atoms with Crippen molar-refractivity contribution in [2.24, 2.45) is 5.92 Å². The van der Waals surface area contributed by atoms with Gasteiger partial charge < -0.3 is 20.2 Å². The van der Waals surface area contributed by atoms with Gasteiger partial charge in [0.25, 0.3) is 17.7 Å². The van der Waals surface area contributed by atoms with Crippen molar-refractivity contribution < 1.29 is 23.0 Å². The number of nitrogens with zero attached hydrogens (tertiary/aromatic N) is 2. The van der Waals surface area contributed by atoms with Crippen LogP contribution in [0.3, 0.4) is 0 Å². The van der Waals surface area contributed by atoms with Crippen LogP contribution < -0.4 is 14.8 Å². The highest BCUT2D eigenvalue weighted by atomic mass is 19.3. The van der Waals surface area contributed by atoms with Gasteiger partial charge in [-0.05, 0) is 81.6 Å². The van der Waals surface area contributed by atoms with Gasteiger partial charge >= 0.3 is 0 Å². The van der Waals surface area contributed by atoms with Crippen molar-refractivity contribution in [2.45, 2.75) is 45.0 Å². The molecule has 7 nitrogen and oxygen atoms in total. The van der Waals surface area contributed by atoms with Gasteiger partial charge in [-0.15, -0.1) is 0 Å². The van der Waals surface area contributed by atoms with Crippen LogP contribution in [-0.2, 0) is 5.92 Å². The molecule has 1 aliphatic carbocycles. The molecule has 2 heterocycles. The molecule has 9 heteroatoms. The van der Waals surface area contributed by atoms with E-state index in [1.165, 1.54) is 50.2 Å². The summed E-state index contributed by atoms with van der Waals surface area (Å²) in [4.78, 5) is 18.4. The minimum atomic E-state index is -2.93. The van der Waals surface area contributed by atoms with Crippen molar-refractivity contribution in [2.75, 3.05) is 31.6 Å². The molecular formula is C28H32F2N4O3. The molecule has 0 atom stereocenters. The maximum Gasteiger partial charge on any atom is 0.300 e. The van der Waals surface area contributed by atoms with E-state index in [1.807, 2.05) is 0 Å². The summed E-state index contributed by atoms with van der Waals surface area (Å²) in [6.45, 7) is 5.62. The van der Waals surface area contributed by atoms with Crippen LogP contribution in [0.1, 0.15) is 53.8 Å². The Morgan fingerprint density at radius 2 is 1.92 bits per heavy atom. The van der Waals surface area contributed by atoms with Crippen LogP contribution in [0.5, 0.6) is 5.75 Å². The molecule has 2 aromatic carbocycles. The summed E-state index contributed by atoms with van der Waals surface area (Å²) in [6, 6.07) is 12.8. The quantitative estimate of drug-likeness (QED) is 0.222. The molecule has 3 aromatic rings. The number of ether oxygens (including phenoxy) is 1. The zero-order valence-electron chi connectivity index (χ0n) is 20.9. The van der Waals surface area contributed by atoms with Gasteiger partial charge in [0.15, 0.2) is 5.69 Å². The molecule has 2 fully saturated rings. The third-order valence-corrected chi connectivity index (χ3v) is 7.09. The number of nitrogens with one attached hydrogen (secondary N) is 2. The standard InChI is InChI=1S/C28H32F2N4O3/c1-19-25(27(35)32-23-7-4-6-22(18-23)28(29,30)21-10-11-21)34(36)26(31-19)20-8-12-24(13-9-20)37-17-5-16-33-14-2-3-15-33/h4,6-9,12-13,18,21,31H,2-3,5,10-11,14-17H2,1H3,(H,32,35). The van der Waals surface area contributed by atoms with Crippen molar-refractivity contribution in [3.63, 3.8) is 0 Å². The van der Waals surface area contributed by atoms with Gasteiger partial charge in [0.05, 0.1) is 12.2 Å². The van der Waals surface area contributed by atoms with E-state index in [9.17, 15) is 18.8 Å². The Hall–Kier alpha value is -3.46. The Bertz CT molecular complexity index is 1250. The molecule has 0 bridgehead atoms. The zero-order valence-corrected chi connectivity index (χ0v) is 20.9. The zero-order chi connectivity index (χ0) is 26.0. The lowest BCUT2D eigenvalue weighted by atomic mass is 10.0. The van der Waals surface area contributed by atoms with E-state index in [2.05, 4.69) is 15.2 Å². The van der Waals surface area contributed by atoms with E-state index >= 15 is 0 Å². The molecule has 0 spiro atoms. The second-order valence-electron chi connectivity index (χ2n) is 9.95. The fourth-order valence-corrected chi connectivity index (χ4v) is 4.87. The number of alkyl halides is 2. The monoisotopic (exact) mass is 510 g/mol. The predicted octanol–water partition coefficient (Wildman–Crippen LogP) is 5.24. The third-order valence-electron chi connectivity index (χ3n) is 7.09.